The van der Waals surface area contributed by atoms with Crippen LogP contribution in [0.25, 0.3) is 5.57 Å². The van der Waals surface area contributed by atoms with Crippen molar-refractivity contribution in [3.05, 3.63) is 35.4 Å². The quantitative estimate of drug-likeness (QED) is 0.788. The molecule has 0 radical (unpaired) electrons. The summed E-state index contributed by atoms with van der Waals surface area (Å²) in [7, 11) is 1.46. The maximum absolute atomic E-state index is 12.2. The molecule has 3 nitrogen and oxygen atoms in total. The van der Waals surface area contributed by atoms with Crippen molar-refractivity contribution < 1.29 is 9.53 Å². The molecule has 1 heterocycles. The van der Waals surface area contributed by atoms with Crippen LogP contribution in [0.15, 0.2) is 24.3 Å². The topological polar surface area (TPSA) is 29.5 Å². The molecule has 21 heavy (non-hydrogen) atoms. The summed E-state index contributed by atoms with van der Waals surface area (Å²) in [5, 5.41) is 0. The van der Waals surface area contributed by atoms with Crippen LogP contribution in [0.5, 0.6) is 0 Å². The fourth-order valence-corrected chi connectivity index (χ4v) is 3.32. The number of nitrogens with zero attached hydrogens (tertiary/aromatic N) is 1. The van der Waals surface area contributed by atoms with E-state index in [2.05, 4.69) is 56.9 Å². The zero-order valence-corrected chi connectivity index (χ0v) is 13.9. The van der Waals surface area contributed by atoms with Gasteiger partial charge >= 0.3 is 5.97 Å². The molecule has 0 aliphatic carbocycles. The minimum absolute atomic E-state index is 0.175. The van der Waals surface area contributed by atoms with Gasteiger partial charge in [-0.3, -0.25) is 0 Å². The highest BCUT2D eigenvalue weighted by Crippen LogP contribution is 2.41. The lowest BCUT2D eigenvalue weighted by Gasteiger charge is -2.46. The molecule has 0 saturated heterocycles. The van der Waals surface area contributed by atoms with Gasteiger partial charge in [-0.1, -0.05) is 25.1 Å². The molecule has 0 saturated carbocycles. The first kappa shape index (κ1) is 15.6. The van der Waals surface area contributed by atoms with Gasteiger partial charge in [0.05, 0.1) is 12.6 Å². The van der Waals surface area contributed by atoms with Crippen LogP contribution in [-0.2, 0) is 9.53 Å². The third-order valence-electron chi connectivity index (χ3n) is 4.20. The molecule has 0 fully saturated rings. The van der Waals surface area contributed by atoms with Gasteiger partial charge in [-0.05, 0) is 51.3 Å². The van der Waals surface area contributed by atoms with Crippen LogP contribution in [-0.4, -0.2) is 24.7 Å². The Labute approximate surface area is 127 Å². The normalized spacial score (nSPS) is 17.8. The number of allylic oxidation sites excluding steroid dienone is 1. The summed E-state index contributed by atoms with van der Waals surface area (Å²) in [6.45, 7) is 10.5. The zero-order chi connectivity index (χ0) is 15.8. The van der Waals surface area contributed by atoms with Crippen molar-refractivity contribution in [1.29, 1.82) is 0 Å². The molecule has 0 amide bonds. The molecular formula is C18H25NO2. The summed E-state index contributed by atoms with van der Waals surface area (Å²) >= 11 is 0. The van der Waals surface area contributed by atoms with Crippen LogP contribution >= 0.6 is 0 Å². The van der Waals surface area contributed by atoms with Crippen molar-refractivity contribution in [3.8, 4) is 0 Å². The largest absolute Gasteiger partial charge is 0.467 e. The van der Waals surface area contributed by atoms with Crippen LogP contribution < -0.4 is 4.90 Å². The molecule has 1 aromatic carbocycles. The number of hydrogen-bond acceptors (Lipinski definition) is 3. The summed E-state index contributed by atoms with van der Waals surface area (Å²) in [6.07, 6.45) is 2.95. The summed E-state index contributed by atoms with van der Waals surface area (Å²) in [4.78, 5) is 14.4. The van der Waals surface area contributed by atoms with Crippen molar-refractivity contribution in [2.24, 2.45) is 0 Å². The summed E-state index contributed by atoms with van der Waals surface area (Å²) < 4.78 is 5.02. The van der Waals surface area contributed by atoms with E-state index < -0.39 is 0 Å². The SMILES string of the molecule is CCC(C(=O)OC)N1c2cc(C)ccc2C(C)=CC1(C)C. The van der Waals surface area contributed by atoms with Crippen LogP contribution in [0.2, 0.25) is 0 Å². The van der Waals surface area contributed by atoms with Gasteiger partial charge in [-0.2, -0.15) is 0 Å². The van der Waals surface area contributed by atoms with Crippen molar-refractivity contribution in [1.82, 2.24) is 0 Å². The van der Waals surface area contributed by atoms with Crippen LogP contribution in [0.1, 0.15) is 45.2 Å². The van der Waals surface area contributed by atoms with Gasteiger partial charge in [0.2, 0.25) is 0 Å². The molecule has 0 N–H and O–H groups in total. The summed E-state index contributed by atoms with van der Waals surface area (Å²) in [5.74, 6) is -0.175. The second-order valence-corrected chi connectivity index (χ2v) is 6.32. The molecule has 3 heteroatoms. The van der Waals surface area contributed by atoms with E-state index in [1.807, 2.05) is 6.92 Å². The van der Waals surface area contributed by atoms with E-state index in [9.17, 15) is 4.79 Å². The standard InChI is InChI=1S/C18H25NO2/c1-7-15(17(20)21-6)19-16-10-12(2)8-9-14(16)13(3)11-18(19,4)5/h8-11,15H,7H2,1-6H3. The highest BCUT2D eigenvalue weighted by Gasteiger charge is 2.38. The van der Waals surface area contributed by atoms with Crippen LogP contribution in [0.3, 0.4) is 0 Å². The minimum atomic E-state index is -0.269. The van der Waals surface area contributed by atoms with E-state index in [-0.39, 0.29) is 17.6 Å². The average molecular weight is 287 g/mol. The first-order chi connectivity index (χ1) is 9.81. The molecule has 0 aromatic heterocycles. The number of fused-ring (bicyclic) bond motifs is 1. The van der Waals surface area contributed by atoms with E-state index in [1.165, 1.54) is 23.8 Å². The number of rotatable bonds is 3. The second-order valence-electron chi connectivity index (χ2n) is 6.32. The molecular weight excluding hydrogens is 262 g/mol. The van der Waals surface area contributed by atoms with Gasteiger partial charge in [0, 0.05) is 11.3 Å². The fraction of sp³-hybridized carbons (Fsp3) is 0.500. The number of hydrogen-bond donors (Lipinski definition) is 0. The number of anilines is 1. The molecule has 0 bridgehead atoms. The van der Waals surface area contributed by atoms with Crippen molar-refractivity contribution in [2.45, 2.75) is 52.6 Å². The molecule has 1 aromatic rings. The van der Waals surface area contributed by atoms with Gasteiger partial charge in [-0.25, -0.2) is 4.79 Å². The highest BCUT2D eigenvalue weighted by atomic mass is 16.5. The van der Waals surface area contributed by atoms with Gasteiger partial charge in [0.25, 0.3) is 0 Å². The first-order valence-electron chi connectivity index (χ1n) is 7.49. The number of methoxy groups -OCH3 is 1. The van der Waals surface area contributed by atoms with Gasteiger partial charge in [0.15, 0.2) is 0 Å². The summed E-state index contributed by atoms with van der Waals surface area (Å²) in [6, 6.07) is 6.16. The van der Waals surface area contributed by atoms with E-state index in [0.29, 0.717) is 0 Å². The third-order valence-corrected chi connectivity index (χ3v) is 4.20. The fourth-order valence-electron chi connectivity index (χ4n) is 3.32. The number of esters is 1. The predicted molar refractivity (Wildman–Crippen MR) is 87.5 cm³/mol. The monoisotopic (exact) mass is 287 g/mol. The number of benzene rings is 1. The Morgan fingerprint density at radius 3 is 2.57 bits per heavy atom. The van der Waals surface area contributed by atoms with Crippen LogP contribution in [0, 0.1) is 6.92 Å². The average Bonchev–Trinajstić information content (AvgIpc) is 2.41. The smallest absolute Gasteiger partial charge is 0.328 e. The maximum Gasteiger partial charge on any atom is 0.328 e. The second kappa shape index (κ2) is 5.55. The molecule has 1 aliphatic heterocycles. The molecule has 0 spiro atoms. The van der Waals surface area contributed by atoms with E-state index in [4.69, 9.17) is 4.74 Å². The van der Waals surface area contributed by atoms with Gasteiger partial charge in [-0.15, -0.1) is 0 Å². The highest BCUT2D eigenvalue weighted by molar-refractivity contribution is 5.87. The number of aryl methyl sites for hydroxylation is 1. The molecule has 1 unspecified atom stereocenters. The Morgan fingerprint density at radius 2 is 2.00 bits per heavy atom. The Kier molecular flexibility index (Phi) is 4.13. The Morgan fingerprint density at radius 1 is 1.33 bits per heavy atom. The van der Waals surface area contributed by atoms with E-state index in [1.54, 1.807) is 0 Å². The molecule has 114 valence electrons. The van der Waals surface area contributed by atoms with Crippen molar-refractivity contribution in [3.63, 3.8) is 0 Å². The van der Waals surface area contributed by atoms with Gasteiger partial charge < -0.3 is 9.64 Å². The Hall–Kier alpha value is -1.77. The first-order valence-corrected chi connectivity index (χ1v) is 7.49. The lowest BCUT2D eigenvalue weighted by atomic mass is 9.86. The number of ether oxygens (including phenoxy) is 1. The maximum atomic E-state index is 12.2. The Balaban J connectivity index is 2.63. The molecule has 1 aliphatic rings. The lowest BCUT2D eigenvalue weighted by molar-refractivity contribution is -0.142. The summed E-state index contributed by atoms with van der Waals surface area (Å²) in [5.41, 5.74) is 4.55. The lowest BCUT2D eigenvalue weighted by Crippen LogP contribution is -2.54. The molecule has 2 rings (SSSR count). The third kappa shape index (κ3) is 2.69. The van der Waals surface area contributed by atoms with Gasteiger partial charge in [0.1, 0.15) is 6.04 Å². The minimum Gasteiger partial charge on any atom is -0.467 e. The van der Waals surface area contributed by atoms with E-state index in [0.717, 1.165) is 12.1 Å². The van der Waals surface area contributed by atoms with E-state index >= 15 is 0 Å². The predicted octanol–water partition coefficient (Wildman–Crippen LogP) is 3.95. The zero-order valence-electron chi connectivity index (χ0n) is 13.9. The van der Waals surface area contributed by atoms with Crippen molar-refractivity contribution >= 4 is 17.2 Å². The van der Waals surface area contributed by atoms with Crippen LogP contribution in [0.4, 0.5) is 5.69 Å². The Bertz CT molecular complexity index is 587. The number of carbonyl (C=O) groups excluding carboxylic acids is 1. The van der Waals surface area contributed by atoms with Crippen molar-refractivity contribution in [2.75, 3.05) is 12.0 Å². The molecule has 1 atom stereocenters. The number of carbonyl (C=O) groups is 1.